The predicted molar refractivity (Wildman–Crippen MR) is 134 cm³/mol. The average molecular weight is 569 g/mol. The lowest BCUT2D eigenvalue weighted by molar-refractivity contribution is -0.122. The van der Waals surface area contributed by atoms with Gasteiger partial charge in [-0.1, -0.05) is 30.3 Å². The fourth-order valence-electron chi connectivity index (χ4n) is 2.89. The van der Waals surface area contributed by atoms with Gasteiger partial charge in [0.1, 0.15) is 12.2 Å². The van der Waals surface area contributed by atoms with Crippen molar-refractivity contribution in [3.63, 3.8) is 0 Å². The average Bonchev–Trinajstić information content (AvgIpc) is 2.71. The highest BCUT2D eigenvalue weighted by Crippen LogP contribution is 2.35. The van der Waals surface area contributed by atoms with Crippen LogP contribution >= 0.6 is 46.4 Å². The third kappa shape index (κ3) is 5.25. The number of anilines is 1. The van der Waals surface area contributed by atoms with Crippen molar-refractivity contribution in [3.05, 3.63) is 68.8 Å². The Morgan fingerprint density at radius 1 is 1.26 bits per heavy atom. The summed E-state index contributed by atoms with van der Waals surface area (Å²) >= 11 is 13.4. The largest absolute Gasteiger partial charge is 0.490 e. The summed E-state index contributed by atoms with van der Waals surface area (Å²) in [6, 6.07) is 10.2. The highest BCUT2D eigenvalue weighted by atomic mass is 127. The highest BCUT2D eigenvalue weighted by Gasteiger charge is 2.34. The molecule has 1 aliphatic heterocycles. The maximum atomic E-state index is 13.2. The summed E-state index contributed by atoms with van der Waals surface area (Å²) in [4.78, 5) is 27.0. The van der Waals surface area contributed by atoms with E-state index in [1.165, 1.54) is 11.0 Å². The van der Waals surface area contributed by atoms with Crippen LogP contribution in [0.4, 0.5) is 5.69 Å². The van der Waals surface area contributed by atoms with Crippen molar-refractivity contribution in [1.29, 1.82) is 0 Å². The molecule has 31 heavy (non-hydrogen) atoms. The van der Waals surface area contributed by atoms with Crippen molar-refractivity contribution < 1.29 is 19.1 Å². The number of hydrogen-bond acceptors (Lipinski definition) is 5. The van der Waals surface area contributed by atoms with E-state index in [1.54, 1.807) is 42.5 Å². The van der Waals surface area contributed by atoms with E-state index >= 15 is 0 Å². The molecule has 2 aromatic carbocycles. The van der Waals surface area contributed by atoms with Crippen molar-refractivity contribution >= 4 is 75.1 Å². The topological polar surface area (TPSA) is 67.9 Å². The van der Waals surface area contributed by atoms with E-state index in [2.05, 4.69) is 34.5 Å². The number of rotatable bonds is 7. The van der Waals surface area contributed by atoms with Gasteiger partial charge in [-0.25, -0.2) is 0 Å². The lowest BCUT2D eigenvalue weighted by atomic mass is 10.1. The fraction of sp³-hybridized carbons (Fsp3) is 0.136. The Hall–Kier alpha value is -2.43. The van der Waals surface area contributed by atoms with Crippen molar-refractivity contribution in [3.8, 4) is 11.5 Å². The molecule has 0 unspecified atom stereocenters. The number of ether oxygens (including phenoxy) is 2. The van der Waals surface area contributed by atoms with Gasteiger partial charge in [-0.15, -0.1) is 0 Å². The number of benzene rings is 2. The highest BCUT2D eigenvalue weighted by molar-refractivity contribution is 14.1. The van der Waals surface area contributed by atoms with Crippen LogP contribution in [0.1, 0.15) is 12.5 Å². The number of carbonyl (C=O) groups is 2. The Bertz CT molecular complexity index is 1100. The summed E-state index contributed by atoms with van der Waals surface area (Å²) in [6.45, 7) is 6.26. The molecular weight excluding hydrogens is 551 g/mol. The van der Waals surface area contributed by atoms with E-state index in [-0.39, 0.29) is 10.7 Å². The lowest BCUT2D eigenvalue weighted by Crippen LogP contribution is -2.54. The molecule has 0 saturated carbocycles. The zero-order valence-corrected chi connectivity index (χ0v) is 20.2. The Morgan fingerprint density at radius 3 is 2.71 bits per heavy atom. The lowest BCUT2D eigenvalue weighted by Gasteiger charge is -2.29. The first kappa shape index (κ1) is 23.2. The van der Waals surface area contributed by atoms with Gasteiger partial charge in [0.2, 0.25) is 0 Å². The van der Waals surface area contributed by atoms with Crippen LogP contribution < -0.4 is 19.7 Å². The van der Waals surface area contributed by atoms with Gasteiger partial charge in [-0.05, 0) is 83.7 Å². The van der Waals surface area contributed by atoms with Crippen LogP contribution in [0, 0.1) is 3.57 Å². The van der Waals surface area contributed by atoms with Crippen molar-refractivity contribution in [2.24, 2.45) is 0 Å². The molecule has 0 bridgehead atoms. The number of nitrogens with zero attached hydrogens (tertiary/aromatic N) is 1. The van der Waals surface area contributed by atoms with E-state index in [9.17, 15) is 9.59 Å². The number of halogens is 2. The zero-order valence-electron chi connectivity index (χ0n) is 16.5. The van der Waals surface area contributed by atoms with Crippen LogP contribution in [-0.4, -0.2) is 30.1 Å². The van der Waals surface area contributed by atoms with Crippen molar-refractivity contribution in [2.45, 2.75) is 6.92 Å². The van der Waals surface area contributed by atoms with Crippen molar-refractivity contribution in [2.75, 3.05) is 18.1 Å². The molecule has 1 saturated heterocycles. The summed E-state index contributed by atoms with van der Waals surface area (Å²) in [5.74, 6) is -0.0381. The molecule has 2 aromatic rings. The minimum absolute atomic E-state index is 0.00724. The van der Waals surface area contributed by atoms with Gasteiger partial charge in [0.05, 0.1) is 15.9 Å². The molecule has 0 spiro atoms. The first-order valence-corrected chi connectivity index (χ1v) is 11.1. The van der Waals surface area contributed by atoms with Gasteiger partial charge in [0.15, 0.2) is 16.6 Å². The van der Waals surface area contributed by atoms with Gasteiger partial charge in [-0.3, -0.25) is 19.8 Å². The zero-order chi connectivity index (χ0) is 22.5. The van der Waals surface area contributed by atoms with Gasteiger partial charge in [0.25, 0.3) is 11.8 Å². The molecule has 0 radical (unpaired) electrons. The van der Waals surface area contributed by atoms with Crippen LogP contribution in [0.2, 0.25) is 5.02 Å². The third-order valence-corrected chi connectivity index (χ3v) is 5.48. The Kier molecular flexibility index (Phi) is 7.69. The molecule has 0 aliphatic carbocycles. The second kappa shape index (κ2) is 10.3. The van der Waals surface area contributed by atoms with Crippen molar-refractivity contribution in [1.82, 2.24) is 5.32 Å². The SMILES string of the molecule is C=CCOc1c(I)cc(/C=C2\C(=O)NC(=S)N(c3cccc(Cl)c3)C2=O)cc1OCC. The summed E-state index contributed by atoms with van der Waals surface area (Å²) in [5.41, 5.74) is 1.01. The Morgan fingerprint density at radius 2 is 2.03 bits per heavy atom. The molecular formula is C22H18ClIN2O4S. The van der Waals surface area contributed by atoms with E-state index < -0.39 is 11.8 Å². The van der Waals surface area contributed by atoms with Crippen LogP contribution in [0.3, 0.4) is 0 Å². The minimum atomic E-state index is -0.576. The Labute approximate surface area is 204 Å². The minimum Gasteiger partial charge on any atom is -0.490 e. The predicted octanol–water partition coefficient (Wildman–Crippen LogP) is 4.74. The molecule has 1 N–H and O–H groups in total. The Balaban J connectivity index is 2.03. The van der Waals surface area contributed by atoms with E-state index in [4.69, 9.17) is 33.3 Å². The summed E-state index contributed by atoms with van der Waals surface area (Å²) in [7, 11) is 0. The van der Waals surface area contributed by atoms with Crippen LogP contribution in [0.5, 0.6) is 11.5 Å². The molecule has 160 valence electrons. The standard InChI is InChI=1S/C22H18ClIN2O4S/c1-3-8-30-19-17(24)10-13(11-18(19)29-4-2)9-16-20(27)25-22(31)26(21(16)28)15-7-5-6-14(23)12-15/h3,5-7,9-12H,1,4,8H2,2H3,(H,25,27,31)/b16-9+. The number of carbonyl (C=O) groups excluding carboxylic acids is 2. The molecule has 3 rings (SSSR count). The molecule has 1 aliphatic rings. The summed E-state index contributed by atoms with van der Waals surface area (Å²) in [5, 5.41) is 3.00. The van der Waals surface area contributed by atoms with E-state index in [1.807, 2.05) is 6.92 Å². The quantitative estimate of drug-likeness (QED) is 0.172. The number of amides is 2. The van der Waals surface area contributed by atoms with Gasteiger partial charge < -0.3 is 9.47 Å². The summed E-state index contributed by atoms with van der Waals surface area (Å²) < 4.78 is 12.2. The maximum Gasteiger partial charge on any atom is 0.270 e. The second-order valence-electron chi connectivity index (χ2n) is 6.30. The van der Waals surface area contributed by atoms with Crippen LogP contribution in [-0.2, 0) is 9.59 Å². The molecule has 9 heteroatoms. The van der Waals surface area contributed by atoms with Crippen LogP contribution in [0.15, 0.2) is 54.6 Å². The van der Waals surface area contributed by atoms with Crippen LogP contribution in [0.25, 0.3) is 6.08 Å². The molecule has 2 amide bonds. The van der Waals surface area contributed by atoms with Gasteiger partial charge in [0, 0.05) is 5.02 Å². The molecule has 6 nitrogen and oxygen atoms in total. The van der Waals surface area contributed by atoms with E-state index in [0.29, 0.717) is 41.0 Å². The molecule has 1 heterocycles. The number of nitrogens with one attached hydrogen (secondary N) is 1. The number of hydrogen-bond donors (Lipinski definition) is 1. The first-order chi connectivity index (χ1) is 14.8. The van der Waals surface area contributed by atoms with Gasteiger partial charge in [-0.2, -0.15) is 0 Å². The normalized spacial score (nSPS) is 15.1. The second-order valence-corrected chi connectivity index (χ2v) is 8.29. The fourth-order valence-corrected chi connectivity index (χ4v) is 4.14. The number of thiocarbonyl (C=S) groups is 1. The maximum absolute atomic E-state index is 13.2. The smallest absolute Gasteiger partial charge is 0.270 e. The monoisotopic (exact) mass is 568 g/mol. The van der Waals surface area contributed by atoms with Gasteiger partial charge >= 0.3 is 0 Å². The first-order valence-electron chi connectivity index (χ1n) is 9.22. The molecule has 1 fully saturated rings. The molecule has 0 aromatic heterocycles. The molecule has 0 atom stereocenters. The van der Waals surface area contributed by atoms with E-state index in [0.717, 1.165) is 3.57 Å². The third-order valence-electron chi connectivity index (χ3n) is 4.16. The summed E-state index contributed by atoms with van der Waals surface area (Å²) in [6.07, 6.45) is 3.14.